The van der Waals surface area contributed by atoms with Gasteiger partial charge in [-0.2, -0.15) is 5.10 Å². The number of hydrogen-bond donors (Lipinski definition) is 1. The van der Waals surface area contributed by atoms with Gasteiger partial charge >= 0.3 is 0 Å². The van der Waals surface area contributed by atoms with Gasteiger partial charge in [0, 0.05) is 12.6 Å². The summed E-state index contributed by atoms with van der Waals surface area (Å²) in [7, 11) is -3.63. The van der Waals surface area contributed by atoms with Crippen LogP contribution < -0.4 is 4.72 Å². The molecule has 1 saturated carbocycles. The Bertz CT molecular complexity index is 1100. The third-order valence-electron chi connectivity index (χ3n) is 7.94. The molecule has 8 nitrogen and oxygen atoms in total. The number of nitrogens with one attached hydrogen (secondary N) is 1. The molecule has 2 unspecified atom stereocenters. The maximum atomic E-state index is 13.8. The number of benzene rings is 1. The summed E-state index contributed by atoms with van der Waals surface area (Å²) in [6.07, 6.45) is 11.5. The smallest absolute Gasteiger partial charge is 0.241 e. The molecule has 2 aliphatic rings. The fourth-order valence-corrected chi connectivity index (χ4v) is 7.48. The Balaban J connectivity index is 1.56. The van der Waals surface area contributed by atoms with Gasteiger partial charge in [-0.25, -0.2) is 27.2 Å². The summed E-state index contributed by atoms with van der Waals surface area (Å²) in [5.74, 6) is -0.176. The van der Waals surface area contributed by atoms with E-state index in [2.05, 4.69) is 14.8 Å². The third kappa shape index (κ3) is 5.96. The number of halogens is 1. The predicted molar refractivity (Wildman–Crippen MR) is 136 cm³/mol. The van der Waals surface area contributed by atoms with Crippen molar-refractivity contribution in [3.63, 3.8) is 0 Å². The standard InChI is InChI=1S/C26H38FN5O3S/c1-3-15-36(34,35)30-24(16-21-9-11-23(27)12-10-21)25(33)31-14-13-26(17-20(31)2,32-19-28-18-29-32)22-7-5-4-6-8-22/h9-12,18-20,22,24,30H,3-8,13-17H2,1-2H3/t20?,24-,26?/m1/s1. The number of carbonyl (C=O) groups excluding carboxylic acids is 1. The Morgan fingerprint density at radius 3 is 2.56 bits per heavy atom. The molecule has 1 aromatic heterocycles. The lowest BCUT2D eigenvalue weighted by Gasteiger charge is -2.50. The zero-order chi connectivity index (χ0) is 25.8. The summed E-state index contributed by atoms with van der Waals surface area (Å²) in [4.78, 5) is 19.9. The van der Waals surface area contributed by atoms with E-state index in [9.17, 15) is 17.6 Å². The summed E-state index contributed by atoms with van der Waals surface area (Å²) >= 11 is 0. The van der Waals surface area contributed by atoms with Crippen molar-refractivity contribution in [3.8, 4) is 0 Å². The number of nitrogens with zero attached hydrogens (tertiary/aromatic N) is 4. The first kappa shape index (κ1) is 26.7. The van der Waals surface area contributed by atoms with Crippen LogP contribution in [-0.4, -0.2) is 58.4 Å². The molecule has 0 spiro atoms. The van der Waals surface area contributed by atoms with Gasteiger partial charge in [-0.05, 0) is 69.1 Å². The molecule has 0 radical (unpaired) electrons. The Labute approximate surface area is 213 Å². The molecule has 1 N–H and O–H groups in total. The van der Waals surface area contributed by atoms with Crippen LogP contribution in [0.15, 0.2) is 36.9 Å². The first-order chi connectivity index (χ1) is 17.2. The van der Waals surface area contributed by atoms with Crippen LogP contribution in [0.4, 0.5) is 4.39 Å². The van der Waals surface area contributed by atoms with E-state index in [1.54, 1.807) is 31.7 Å². The predicted octanol–water partition coefficient (Wildman–Crippen LogP) is 3.64. The molecule has 10 heteroatoms. The molecule has 1 aromatic carbocycles. The average molecular weight is 520 g/mol. The van der Waals surface area contributed by atoms with Crippen LogP contribution >= 0.6 is 0 Å². The van der Waals surface area contributed by atoms with Crippen molar-refractivity contribution in [2.75, 3.05) is 12.3 Å². The Hall–Kier alpha value is -2.33. The van der Waals surface area contributed by atoms with Gasteiger partial charge in [0.2, 0.25) is 15.9 Å². The molecule has 0 bridgehead atoms. The Kier molecular flexibility index (Phi) is 8.44. The topological polar surface area (TPSA) is 97.2 Å². The van der Waals surface area contributed by atoms with E-state index in [1.807, 2.05) is 16.5 Å². The van der Waals surface area contributed by atoms with Gasteiger partial charge in [-0.15, -0.1) is 0 Å². The van der Waals surface area contributed by atoms with E-state index < -0.39 is 16.1 Å². The number of sulfonamides is 1. The molecule has 3 atom stereocenters. The minimum atomic E-state index is -3.63. The lowest BCUT2D eigenvalue weighted by Crippen LogP contribution is -2.59. The fraction of sp³-hybridized carbons (Fsp3) is 0.654. The minimum absolute atomic E-state index is 0.0488. The van der Waals surface area contributed by atoms with Gasteiger partial charge in [-0.1, -0.05) is 38.3 Å². The molecule has 1 saturated heterocycles. The second-order valence-electron chi connectivity index (χ2n) is 10.4. The molecule has 1 aliphatic carbocycles. The zero-order valence-electron chi connectivity index (χ0n) is 21.3. The number of piperidine rings is 1. The van der Waals surface area contributed by atoms with Gasteiger partial charge < -0.3 is 4.90 Å². The highest BCUT2D eigenvalue weighted by atomic mass is 32.2. The first-order valence-corrected chi connectivity index (χ1v) is 14.8. The largest absolute Gasteiger partial charge is 0.338 e. The minimum Gasteiger partial charge on any atom is -0.338 e. The Morgan fingerprint density at radius 2 is 1.94 bits per heavy atom. The van der Waals surface area contributed by atoms with Gasteiger partial charge in [0.05, 0.1) is 11.3 Å². The summed E-state index contributed by atoms with van der Waals surface area (Å²) < 4.78 is 43.4. The van der Waals surface area contributed by atoms with E-state index in [-0.39, 0.29) is 35.5 Å². The molecule has 2 heterocycles. The second-order valence-corrected chi connectivity index (χ2v) is 12.3. The first-order valence-electron chi connectivity index (χ1n) is 13.1. The maximum Gasteiger partial charge on any atom is 0.241 e. The van der Waals surface area contributed by atoms with Crippen molar-refractivity contribution >= 4 is 15.9 Å². The highest BCUT2D eigenvalue weighted by Crippen LogP contribution is 2.45. The van der Waals surface area contributed by atoms with E-state index in [0.29, 0.717) is 24.4 Å². The number of aromatic nitrogens is 3. The molecule has 4 rings (SSSR count). The molecule has 36 heavy (non-hydrogen) atoms. The van der Waals surface area contributed by atoms with Crippen molar-refractivity contribution in [3.05, 3.63) is 48.3 Å². The van der Waals surface area contributed by atoms with Crippen molar-refractivity contribution in [2.45, 2.75) is 89.3 Å². The monoisotopic (exact) mass is 519 g/mol. The van der Waals surface area contributed by atoms with E-state index in [0.717, 1.165) is 25.7 Å². The van der Waals surface area contributed by atoms with Crippen LogP contribution in [0, 0.1) is 11.7 Å². The highest BCUT2D eigenvalue weighted by Gasteiger charge is 2.48. The second kappa shape index (κ2) is 11.4. The zero-order valence-corrected chi connectivity index (χ0v) is 22.1. The third-order valence-corrected chi connectivity index (χ3v) is 9.52. The van der Waals surface area contributed by atoms with Crippen LogP contribution in [0.3, 0.4) is 0 Å². The normalized spacial score (nSPS) is 24.5. The van der Waals surface area contributed by atoms with Gasteiger partial charge in [0.25, 0.3) is 0 Å². The van der Waals surface area contributed by atoms with Gasteiger partial charge in [0.15, 0.2) is 0 Å². The van der Waals surface area contributed by atoms with Crippen molar-refractivity contribution in [1.82, 2.24) is 24.4 Å². The van der Waals surface area contributed by atoms with Crippen LogP contribution in [0.1, 0.15) is 70.8 Å². The summed E-state index contributed by atoms with van der Waals surface area (Å²) in [6.45, 7) is 4.35. The fourth-order valence-electron chi connectivity index (χ4n) is 6.21. The number of rotatable bonds is 9. The SMILES string of the molecule is CCCS(=O)(=O)N[C@H](Cc1ccc(F)cc1)C(=O)N1CCC(C2CCCCC2)(n2cncn2)CC1C. The van der Waals surface area contributed by atoms with Crippen molar-refractivity contribution in [1.29, 1.82) is 0 Å². The number of hydrogen-bond acceptors (Lipinski definition) is 5. The van der Waals surface area contributed by atoms with Gasteiger partial charge in [-0.3, -0.25) is 4.79 Å². The van der Waals surface area contributed by atoms with Crippen molar-refractivity contribution < 1.29 is 17.6 Å². The summed E-state index contributed by atoms with van der Waals surface area (Å²) in [6, 6.07) is 4.83. The van der Waals surface area contributed by atoms with Crippen LogP contribution in [0.5, 0.6) is 0 Å². The van der Waals surface area contributed by atoms with Crippen LogP contribution in [0.2, 0.25) is 0 Å². The molecule has 1 amide bonds. The maximum absolute atomic E-state index is 13.8. The summed E-state index contributed by atoms with van der Waals surface area (Å²) in [5.41, 5.74) is 0.513. The number of amides is 1. The number of likely N-dealkylation sites (tertiary alicyclic amines) is 1. The molecule has 198 valence electrons. The molecule has 1 aliphatic heterocycles. The quantitative estimate of drug-likeness (QED) is 0.546. The number of carbonyl (C=O) groups is 1. The molecule has 2 aromatic rings. The molecular weight excluding hydrogens is 481 g/mol. The van der Waals surface area contributed by atoms with E-state index >= 15 is 0 Å². The average Bonchev–Trinajstić information content (AvgIpc) is 3.40. The molecule has 2 fully saturated rings. The highest BCUT2D eigenvalue weighted by molar-refractivity contribution is 7.89. The lowest BCUT2D eigenvalue weighted by molar-refractivity contribution is -0.139. The Morgan fingerprint density at radius 1 is 1.22 bits per heavy atom. The van der Waals surface area contributed by atoms with E-state index in [4.69, 9.17) is 0 Å². The van der Waals surface area contributed by atoms with E-state index in [1.165, 1.54) is 31.4 Å². The van der Waals surface area contributed by atoms with Gasteiger partial charge in [0.1, 0.15) is 24.5 Å². The van der Waals surface area contributed by atoms with Crippen LogP contribution in [-0.2, 0) is 26.8 Å². The lowest BCUT2D eigenvalue weighted by atomic mass is 9.68. The summed E-state index contributed by atoms with van der Waals surface area (Å²) in [5, 5.41) is 4.54. The van der Waals surface area contributed by atoms with Crippen LogP contribution in [0.25, 0.3) is 0 Å². The van der Waals surface area contributed by atoms with Crippen molar-refractivity contribution in [2.24, 2.45) is 5.92 Å². The molecular formula is C26H38FN5O3S.